The summed E-state index contributed by atoms with van der Waals surface area (Å²) < 4.78 is 13.7. The van der Waals surface area contributed by atoms with Crippen molar-refractivity contribution >= 4 is 5.69 Å². The Balaban J connectivity index is 2.40. The van der Waals surface area contributed by atoms with Crippen LogP contribution in [-0.2, 0) is 0 Å². The van der Waals surface area contributed by atoms with Crippen LogP contribution >= 0.6 is 0 Å². The molecule has 0 spiro atoms. The van der Waals surface area contributed by atoms with Gasteiger partial charge in [0.05, 0.1) is 0 Å². The molecule has 0 aromatic heterocycles. The molecule has 0 radical (unpaired) electrons. The summed E-state index contributed by atoms with van der Waals surface area (Å²) in [7, 11) is 0. The van der Waals surface area contributed by atoms with E-state index >= 15 is 0 Å². The summed E-state index contributed by atoms with van der Waals surface area (Å²) in [5.41, 5.74) is 8.70. The summed E-state index contributed by atoms with van der Waals surface area (Å²) in [4.78, 5) is 2.35. The fourth-order valence-corrected chi connectivity index (χ4v) is 2.65. The number of nitrogens with two attached hydrogens (primary N) is 1. The largest absolute Gasteiger partial charge is 0.371 e. The lowest BCUT2D eigenvalue weighted by Crippen LogP contribution is -2.23. The van der Waals surface area contributed by atoms with E-state index < -0.39 is 0 Å². The van der Waals surface area contributed by atoms with Crippen LogP contribution in [-0.4, -0.2) is 13.1 Å². The molecule has 1 fully saturated rings. The monoisotopic (exact) mass is 250 g/mol. The molecule has 18 heavy (non-hydrogen) atoms. The third kappa shape index (κ3) is 2.37. The maximum absolute atomic E-state index is 13.7. The highest BCUT2D eigenvalue weighted by Crippen LogP contribution is 2.33. The molecule has 1 heterocycles. The predicted molar refractivity (Wildman–Crippen MR) is 74.3 cm³/mol. The third-order valence-corrected chi connectivity index (χ3v) is 4.13. The maximum atomic E-state index is 13.7. The van der Waals surface area contributed by atoms with Crippen LogP contribution < -0.4 is 10.6 Å². The average Bonchev–Trinajstić information content (AvgIpc) is 2.62. The number of hydrogen-bond acceptors (Lipinski definition) is 2. The summed E-state index contributed by atoms with van der Waals surface area (Å²) >= 11 is 0. The van der Waals surface area contributed by atoms with Gasteiger partial charge in [0.25, 0.3) is 0 Å². The minimum absolute atomic E-state index is 0.138. The molecule has 2 nitrogen and oxygen atoms in total. The highest BCUT2D eigenvalue weighted by Gasteiger charge is 2.28. The van der Waals surface area contributed by atoms with E-state index in [2.05, 4.69) is 18.7 Å². The molecule has 1 aromatic rings. The van der Waals surface area contributed by atoms with Crippen LogP contribution in [0.4, 0.5) is 10.1 Å². The Morgan fingerprint density at radius 2 is 1.83 bits per heavy atom. The van der Waals surface area contributed by atoms with Gasteiger partial charge in [0, 0.05) is 24.8 Å². The van der Waals surface area contributed by atoms with Gasteiger partial charge in [-0.25, -0.2) is 4.39 Å². The van der Waals surface area contributed by atoms with E-state index in [1.807, 2.05) is 19.9 Å². The number of benzene rings is 1. The van der Waals surface area contributed by atoms with E-state index in [0.29, 0.717) is 17.4 Å². The molecule has 2 N–H and O–H groups in total. The summed E-state index contributed by atoms with van der Waals surface area (Å²) in [6.45, 7) is 10.3. The van der Waals surface area contributed by atoms with Crippen molar-refractivity contribution < 1.29 is 4.39 Å². The molecule has 1 saturated heterocycles. The second-order valence-corrected chi connectivity index (χ2v) is 5.81. The Labute approximate surface area is 109 Å². The molecular formula is C15H23FN2. The van der Waals surface area contributed by atoms with Gasteiger partial charge < -0.3 is 10.6 Å². The zero-order valence-electron chi connectivity index (χ0n) is 11.7. The van der Waals surface area contributed by atoms with Gasteiger partial charge >= 0.3 is 0 Å². The highest BCUT2D eigenvalue weighted by atomic mass is 19.1. The average molecular weight is 250 g/mol. The fraction of sp³-hybridized carbons (Fsp3) is 0.600. The van der Waals surface area contributed by atoms with Gasteiger partial charge in [0.15, 0.2) is 0 Å². The van der Waals surface area contributed by atoms with Crippen LogP contribution in [0.25, 0.3) is 0 Å². The lowest BCUT2D eigenvalue weighted by Gasteiger charge is -2.24. The van der Waals surface area contributed by atoms with E-state index in [0.717, 1.165) is 24.3 Å². The van der Waals surface area contributed by atoms with Crippen molar-refractivity contribution in [2.45, 2.75) is 33.7 Å². The first-order valence-electron chi connectivity index (χ1n) is 6.70. The number of nitrogens with zero attached hydrogens (tertiary/aromatic N) is 1. The van der Waals surface area contributed by atoms with Gasteiger partial charge in [0.2, 0.25) is 0 Å². The quantitative estimate of drug-likeness (QED) is 0.873. The Kier molecular flexibility index (Phi) is 3.62. The molecule has 1 aliphatic rings. The minimum atomic E-state index is -0.161. The van der Waals surface area contributed by atoms with E-state index in [4.69, 9.17) is 5.73 Å². The van der Waals surface area contributed by atoms with Crippen molar-refractivity contribution in [3.8, 4) is 0 Å². The van der Waals surface area contributed by atoms with Crippen molar-refractivity contribution in [1.82, 2.24) is 0 Å². The number of hydrogen-bond donors (Lipinski definition) is 1. The van der Waals surface area contributed by atoms with Gasteiger partial charge in [-0.3, -0.25) is 0 Å². The van der Waals surface area contributed by atoms with E-state index in [-0.39, 0.29) is 11.9 Å². The number of rotatable bonds is 2. The molecule has 3 unspecified atom stereocenters. The predicted octanol–water partition coefficient (Wildman–Crippen LogP) is 3.25. The molecule has 100 valence electrons. The minimum Gasteiger partial charge on any atom is -0.371 e. The molecule has 0 aliphatic carbocycles. The first-order chi connectivity index (χ1) is 8.40. The third-order valence-electron chi connectivity index (χ3n) is 4.13. The molecule has 0 bridgehead atoms. The normalized spacial score (nSPS) is 25.6. The van der Waals surface area contributed by atoms with Gasteiger partial charge in [-0.2, -0.15) is 0 Å². The first kappa shape index (κ1) is 13.3. The lowest BCUT2D eigenvalue weighted by molar-refractivity contribution is 0.494. The van der Waals surface area contributed by atoms with Crippen molar-refractivity contribution in [3.63, 3.8) is 0 Å². The summed E-state index contributed by atoms with van der Waals surface area (Å²) in [6, 6.07) is 3.41. The number of halogens is 1. The van der Waals surface area contributed by atoms with E-state index in [9.17, 15) is 4.39 Å². The number of aryl methyl sites for hydroxylation is 1. The highest BCUT2D eigenvalue weighted by molar-refractivity contribution is 5.57. The summed E-state index contributed by atoms with van der Waals surface area (Å²) in [5, 5.41) is 0. The standard InChI is InChI=1S/C15H23FN2/c1-9-5-15(13(12(4)17)6-14(9)16)18-7-10(2)11(3)8-18/h5-6,10-12H,7-8,17H2,1-4H3. The van der Waals surface area contributed by atoms with Crippen LogP contribution in [0.1, 0.15) is 37.9 Å². The van der Waals surface area contributed by atoms with Crippen LogP contribution in [0.3, 0.4) is 0 Å². The van der Waals surface area contributed by atoms with Crippen LogP contribution in [0.5, 0.6) is 0 Å². The second-order valence-electron chi connectivity index (χ2n) is 5.81. The van der Waals surface area contributed by atoms with Crippen LogP contribution in [0.15, 0.2) is 12.1 Å². The molecule has 0 saturated carbocycles. The van der Waals surface area contributed by atoms with Crippen LogP contribution in [0, 0.1) is 24.6 Å². The Hall–Kier alpha value is -1.09. The van der Waals surface area contributed by atoms with E-state index in [1.54, 1.807) is 6.07 Å². The van der Waals surface area contributed by atoms with Crippen molar-refractivity contribution in [2.75, 3.05) is 18.0 Å². The van der Waals surface area contributed by atoms with Crippen molar-refractivity contribution in [3.05, 3.63) is 29.1 Å². The van der Waals surface area contributed by atoms with Crippen LogP contribution in [0.2, 0.25) is 0 Å². The van der Waals surface area contributed by atoms with Crippen molar-refractivity contribution in [1.29, 1.82) is 0 Å². The van der Waals surface area contributed by atoms with Crippen molar-refractivity contribution in [2.24, 2.45) is 17.6 Å². The molecule has 2 rings (SSSR count). The first-order valence-corrected chi connectivity index (χ1v) is 6.70. The fourth-order valence-electron chi connectivity index (χ4n) is 2.65. The smallest absolute Gasteiger partial charge is 0.126 e. The molecule has 1 aliphatic heterocycles. The summed E-state index contributed by atoms with van der Waals surface area (Å²) in [5.74, 6) is 1.19. The lowest BCUT2D eigenvalue weighted by atomic mass is 10.0. The Morgan fingerprint density at radius 1 is 1.28 bits per heavy atom. The van der Waals surface area contributed by atoms with Gasteiger partial charge in [-0.15, -0.1) is 0 Å². The molecular weight excluding hydrogens is 227 g/mol. The molecule has 3 heteroatoms. The van der Waals surface area contributed by atoms with Gasteiger partial charge in [-0.05, 0) is 48.9 Å². The molecule has 1 aromatic carbocycles. The maximum Gasteiger partial charge on any atom is 0.126 e. The number of anilines is 1. The zero-order valence-corrected chi connectivity index (χ0v) is 11.7. The van der Waals surface area contributed by atoms with Gasteiger partial charge in [-0.1, -0.05) is 13.8 Å². The van der Waals surface area contributed by atoms with E-state index in [1.165, 1.54) is 0 Å². The Bertz CT molecular complexity index is 432. The zero-order chi connectivity index (χ0) is 13.4. The topological polar surface area (TPSA) is 29.3 Å². The second kappa shape index (κ2) is 4.88. The molecule has 0 amide bonds. The molecule has 3 atom stereocenters. The Morgan fingerprint density at radius 3 is 2.33 bits per heavy atom. The van der Waals surface area contributed by atoms with Gasteiger partial charge in [0.1, 0.15) is 5.82 Å². The summed E-state index contributed by atoms with van der Waals surface area (Å²) in [6.07, 6.45) is 0. The SMILES string of the molecule is Cc1cc(N2CC(C)C(C)C2)c(C(C)N)cc1F.